The first-order chi connectivity index (χ1) is 6.91. The Hall–Kier alpha value is -0.800. The predicted molar refractivity (Wildman–Crippen MR) is 66.7 cm³/mol. The Morgan fingerprint density at radius 3 is 2.40 bits per heavy atom. The van der Waals surface area contributed by atoms with Crippen molar-refractivity contribution in [3.05, 3.63) is 35.4 Å². The van der Waals surface area contributed by atoms with E-state index in [2.05, 4.69) is 4.40 Å². The fourth-order valence-corrected chi connectivity index (χ4v) is 1.52. The van der Waals surface area contributed by atoms with Gasteiger partial charge in [-0.05, 0) is 33.3 Å². The van der Waals surface area contributed by atoms with E-state index < -0.39 is 11.4 Å². The summed E-state index contributed by atoms with van der Waals surface area (Å²) in [4.78, 5) is 0. The summed E-state index contributed by atoms with van der Waals surface area (Å²) in [5.41, 5.74) is 2.17. The quantitative estimate of drug-likeness (QED) is 0.561. The van der Waals surface area contributed by atoms with Gasteiger partial charge in [-0.2, -0.15) is 0 Å². The van der Waals surface area contributed by atoms with Gasteiger partial charge in [0.25, 0.3) is 0 Å². The lowest BCUT2D eigenvalue weighted by atomic mass is 10.1. The Morgan fingerprint density at radius 1 is 1.27 bits per heavy atom. The molecule has 1 aromatic rings. The maximum Gasteiger partial charge on any atom is 0.144 e. The van der Waals surface area contributed by atoms with Crippen molar-refractivity contribution in [3.8, 4) is 0 Å². The summed E-state index contributed by atoms with van der Waals surface area (Å²) < 4.78 is 15.4. The van der Waals surface area contributed by atoms with Crippen molar-refractivity contribution in [2.75, 3.05) is 0 Å². The first kappa shape index (κ1) is 12.3. The molecule has 2 nitrogen and oxygen atoms in total. The number of nitrogens with zero attached hydrogens (tertiary/aromatic N) is 1. The monoisotopic (exact) mass is 223 g/mol. The average Bonchev–Trinajstić information content (AvgIpc) is 2.14. The average molecular weight is 223 g/mol. The standard InChI is InChI=1S/C12H17NOS/c1-10-7-5-6-8-11(10)9-13-15(14)12(2,3)4/h5-9H,1-4H3/b13-9+. The molecule has 1 atom stereocenters. The molecule has 3 heteroatoms. The van der Waals surface area contributed by atoms with Crippen LogP contribution in [-0.4, -0.2) is 15.5 Å². The molecule has 0 bridgehead atoms. The van der Waals surface area contributed by atoms with Gasteiger partial charge in [0.05, 0.1) is 6.21 Å². The van der Waals surface area contributed by atoms with Crippen LogP contribution in [0.3, 0.4) is 0 Å². The topological polar surface area (TPSA) is 35.4 Å². The van der Waals surface area contributed by atoms with Crippen LogP contribution in [0.5, 0.6) is 0 Å². The summed E-state index contributed by atoms with van der Waals surface area (Å²) >= 11 is -1.18. The van der Waals surface area contributed by atoms with Crippen LogP contribution in [0, 0.1) is 6.92 Å². The van der Waals surface area contributed by atoms with Gasteiger partial charge in [-0.15, -0.1) is 0 Å². The summed E-state index contributed by atoms with van der Waals surface area (Å²) in [5.74, 6) is 0. The Bertz CT molecular complexity index is 355. The van der Waals surface area contributed by atoms with E-state index in [0.717, 1.165) is 11.1 Å². The van der Waals surface area contributed by atoms with Crippen LogP contribution >= 0.6 is 0 Å². The summed E-state index contributed by atoms with van der Waals surface area (Å²) in [6.07, 6.45) is 1.69. The van der Waals surface area contributed by atoms with Gasteiger partial charge in [0.15, 0.2) is 0 Å². The highest BCUT2D eigenvalue weighted by atomic mass is 32.2. The summed E-state index contributed by atoms with van der Waals surface area (Å²) in [6, 6.07) is 7.92. The van der Waals surface area contributed by atoms with Crippen LogP contribution in [0.15, 0.2) is 28.7 Å². The zero-order valence-corrected chi connectivity index (χ0v) is 10.5. The molecule has 0 aliphatic heterocycles. The van der Waals surface area contributed by atoms with Crippen LogP contribution < -0.4 is 0 Å². The van der Waals surface area contributed by atoms with Crippen molar-refractivity contribution in [1.82, 2.24) is 0 Å². The third-order valence-electron chi connectivity index (χ3n) is 2.00. The summed E-state index contributed by atoms with van der Waals surface area (Å²) in [5, 5.41) is 0. The van der Waals surface area contributed by atoms with Crippen molar-refractivity contribution in [2.45, 2.75) is 32.4 Å². The lowest BCUT2D eigenvalue weighted by molar-refractivity contribution is 0.562. The van der Waals surface area contributed by atoms with Gasteiger partial charge < -0.3 is 4.55 Å². The van der Waals surface area contributed by atoms with Crippen LogP contribution in [0.2, 0.25) is 0 Å². The molecule has 0 amide bonds. The fraction of sp³-hybridized carbons (Fsp3) is 0.417. The highest BCUT2D eigenvalue weighted by molar-refractivity contribution is 7.91. The van der Waals surface area contributed by atoms with Crippen LogP contribution in [0.4, 0.5) is 0 Å². The molecule has 1 unspecified atom stereocenters. The lowest BCUT2D eigenvalue weighted by Gasteiger charge is -2.17. The van der Waals surface area contributed by atoms with E-state index >= 15 is 0 Å². The van der Waals surface area contributed by atoms with Gasteiger partial charge in [-0.3, -0.25) is 0 Å². The normalized spacial score (nSPS) is 14.5. The highest BCUT2D eigenvalue weighted by Gasteiger charge is 2.25. The van der Waals surface area contributed by atoms with Crippen LogP contribution in [-0.2, 0) is 11.4 Å². The van der Waals surface area contributed by atoms with Gasteiger partial charge in [-0.25, -0.2) is 0 Å². The van der Waals surface area contributed by atoms with Gasteiger partial charge in [0, 0.05) is 5.56 Å². The third kappa shape index (κ3) is 3.68. The number of rotatable bonds is 2. The van der Waals surface area contributed by atoms with E-state index in [1.807, 2.05) is 52.0 Å². The number of hydrogen-bond acceptors (Lipinski definition) is 2. The second-order valence-corrected chi connectivity index (χ2v) is 6.39. The maximum absolute atomic E-state index is 11.7. The molecule has 0 spiro atoms. The second kappa shape index (κ2) is 4.81. The minimum Gasteiger partial charge on any atom is -0.591 e. The third-order valence-corrected chi connectivity index (χ3v) is 3.34. The Balaban J connectivity index is 2.79. The number of aryl methyl sites for hydroxylation is 1. The minimum atomic E-state index is -1.18. The van der Waals surface area contributed by atoms with Gasteiger partial charge in [-0.1, -0.05) is 28.7 Å². The molecule has 0 N–H and O–H groups in total. The zero-order valence-electron chi connectivity index (χ0n) is 9.65. The molecule has 1 aromatic carbocycles. The first-order valence-electron chi connectivity index (χ1n) is 4.93. The van der Waals surface area contributed by atoms with Crippen molar-refractivity contribution in [3.63, 3.8) is 0 Å². The Morgan fingerprint density at radius 2 is 1.87 bits per heavy atom. The SMILES string of the molecule is Cc1ccccc1/C=N/[S+]([O-])C(C)(C)C. The van der Waals surface area contributed by atoms with E-state index in [1.165, 1.54) is 0 Å². The van der Waals surface area contributed by atoms with E-state index in [4.69, 9.17) is 0 Å². The molecule has 82 valence electrons. The van der Waals surface area contributed by atoms with Crippen LogP contribution in [0.25, 0.3) is 0 Å². The molecule has 0 saturated carbocycles. The molecule has 0 fully saturated rings. The molecule has 0 aromatic heterocycles. The molecule has 1 rings (SSSR count). The molecule has 0 radical (unpaired) electrons. The smallest absolute Gasteiger partial charge is 0.144 e. The maximum atomic E-state index is 11.7. The Labute approximate surface area is 94.7 Å². The van der Waals surface area contributed by atoms with Gasteiger partial charge in [0.1, 0.15) is 16.1 Å². The number of hydrogen-bond donors (Lipinski definition) is 0. The largest absolute Gasteiger partial charge is 0.591 e. The zero-order chi connectivity index (χ0) is 11.5. The molecular formula is C12H17NOS. The molecule has 0 aliphatic carbocycles. The van der Waals surface area contributed by atoms with E-state index in [9.17, 15) is 4.55 Å². The van der Waals surface area contributed by atoms with Crippen molar-refractivity contribution in [1.29, 1.82) is 0 Å². The van der Waals surface area contributed by atoms with Gasteiger partial charge >= 0.3 is 0 Å². The van der Waals surface area contributed by atoms with Crippen LogP contribution in [0.1, 0.15) is 31.9 Å². The molecule has 15 heavy (non-hydrogen) atoms. The first-order valence-corrected chi connectivity index (χ1v) is 6.03. The van der Waals surface area contributed by atoms with E-state index in [0.29, 0.717) is 0 Å². The second-order valence-electron chi connectivity index (χ2n) is 4.45. The summed E-state index contributed by atoms with van der Waals surface area (Å²) in [7, 11) is 0. The van der Waals surface area contributed by atoms with Gasteiger partial charge in [0.2, 0.25) is 0 Å². The number of benzene rings is 1. The minimum absolute atomic E-state index is 0.292. The Kier molecular flexibility index (Phi) is 3.94. The molecule has 0 saturated heterocycles. The van der Waals surface area contributed by atoms with E-state index in [1.54, 1.807) is 6.21 Å². The van der Waals surface area contributed by atoms with E-state index in [-0.39, 0.29) is 4.75 Å². The van der Waals surface area contributed by atoms with Crippen molar-refractivity contribution < 1.29 is 4.55 Å². The molecule has 0 aliphatic rings. The summed E-state index contributed by atoms with van der Waals surface area (Å²) in [6.45, 7) is 7.76. The fourth-order valence-electron chi connectivity index (χ4n) is 0.994. The lowest BCUT2D eigenvalue weighted by Crippen LogP contribution is -2.25. The molecular weight excluding hydrogens is 206 g/mol. The van der Waals surface area contributed by atoms with Crippen molar-refractivity contribution >= 4 is 17.6 Å². The predicted octanol–water partition coefficient (Wildman–Crippen LogP) is 2.88. The highest BCUT2D eigenvalue weighted by Crippen LogP contribution is 2.17. The molecule has 0 heterocycles. The van der Waals surface area contributed by atoms with Crippen molar-refractivity contribution in [2.24, 2.45) is 4.40 Å².